The minimum Gasteiger partial charge on any atom is -0.493 e. The largest absolute Gasteiger partial charge is 0.493 e. The van der Waals surface area contributed by atoms with Crippen LogP contribution in [0.1, 0.15) is 50.2 Å². The summed E-state index contributed by atoms with van der Waals surface area (Å²) in [6.45, 7) is 5.19. The fourth-order valence-electron chi connectivity index (χ4n) is 1.84. The van der Waals surface area contributed by atoms with Crippen LogP contribution in [0, 0.1) is 6.92 Å². The zero-order valence-electron chi connectivity index (χ0n) is 11.0. The molecule has 1 aromatic rings. The first-order chi connectivity index (χ1) is 8.27. The Labute approximate surface area is 114 Å². The van der Waals surface area contributed by atoms with Crippen molar-refractivity contribution in [3.8, 4) is 5.75 Å². The lowest BCUT2D eigenvalue weighted by Crippen LogP contribution is -1.99. The van der Waals surface area contributed by atoms with Gasteiger partial charge in [0.2, 0.25) is 0 Å². The van der Waals surface area contributed by atoms with Gasteiger partial charge in [-0.3, -0.25) is 0 Å². The number of unbranched alkanes of at least 4 members (excludes halogenated alkanes) is 4. The standard InChI is InChI=1S/C15H23BrO/c1-3-4-5-6-7-10-17-15-9-8-13(2)11-14(15)12-16/h8-9,11H,3-7,10,12H2,1-2H3. The fourth-order valence-corrected chi connectivity index (χ4v) is 2.28. The van der Waals surface area contributed by atoms with E-state index in [4.69, 9.17) is 4.74 Å². The van der Waals surface area contributed by atoms with Crippen molar-refractivity contribution >= 4 is 15.9 Å². The van der Waals surface area contributed by atoms with Crippen molar-refractivity contribution in [2.45, 2.75) is 51.3 Å². The highest BCUT2D eigenvalue weighted by molar-refractivity contribution is 9.08. The Bertz CT molecular complexity index is 323. The van der Waals surface area contributed by atoms with E-state index < -0.39 is 0 Å². The monoisotopic (exact) mass is 298 g/mol. The average molecular weight is 299 g/mol. The van der Waals surface area contributed by atoms with E-state index >= 15 is 0 Å². The van der Waals surface area contributed by atoms with Gasteiger partial charge in [-0.2, -0.15) is 0 Å². The minimum absolute atomic E-state index is 0.840. The molecule has 0 aliphatic carbocycles. The predicted molar refractivity (Wildman–Crippen MR) is 78.1 cm³/mol. The Hall–Kier alpha value is -0.500. The molecule has 0 radical (unpaired) electrons. The molecule has 0 unspecified atom stereocenters. The maximum Gasteiger partial charge on any atom is 0.123 e. The molecule has 0 aliphatic heterocycles. The molecule has 0 saturated carbocycles. The van der Waals surface area contributed by atoms with E-state index in [-0.39, 0.29) is 0 Å². The molecule has 0 amide bonds. The summed E-state index contributed by atoms with van der Waals surface area (Å²) in [4.78, 5) is 0. The van der Waals surface area contributed by atoms with Crippen LogP contribution in [0.25, 0.3) is 0 Å². The van der Waals surface area contributed by atoms with Gasteiger partial charge in [-0.1, -0.05) is 66.2 Å². The molecule has 17 heavy (non-hydrogen) atoms. The van der Waals surface area contributed by atoms with Gasteiger partial charge in [0.25, 0.3) is 0 Å². The summed E-state index contributed by atoms with van der Waals surface area (Å²) in [6.07, 6.45) is 6.42. The van der Waals surface area contributed by atoms with Crippen molar-refractivity contribution in [3.05, 3.63) is 29.3 Å². The molecule has 0 saturated heterocycles. The molecule has 0 fully saturated rings. The molecule has 2 heteroatoms. The van der Waals surface area contributed by atoms with Crippen molar-refractivity contribution in [3.63, 3.8) is 0 Å². The zero-order valence-corrected chi connectivity index (χ0v) is 12.6. The molecule has 0 spiro atoms. The zero-order chi connectivity index (χ0) is 12.5. The maximum absolute atomic E-state index is 5.83. The highest BCUT2D eigenvalue weighted by Crippen LogP contribution is 2.22. The van der Waals surface area contributed by atoms with Gasteiger partial charge in [0.1, 0.15) is 5.75 Å². The summed E-state index contributed by atoms with van der Waals surface area (Å²) < 4.78 is 5.83. The summed E-state index contributed by atoms with van der Waals surface area (Å²) >= 11 is 3.51. The van der Waals surface area contributed by atoms with Crippen molar-refractivity contribution in [2.24, 2.45) is 0 Å². The first kappa shape index (κ1) is 14.6. The number of halogens is 1. The van der Waals surface area contributed by atoms with Crippen LogP contribution in [0.2, 0.25) is 0 Å². The molecular weight excluding hydrogens is 276 g/mol. The lowest BCUT2D eigenvalue weighted by molar-refractivity contribution is 0.302. The highest BCUT2D eigenvalue weighted by Gasteiger charge is 2.02. The molecule has 0 atom stereocenters. The van der Waals surface area contributed by atoms with Crippen LogP contribution in [0.5, 0.6) is 5.75 Å². The molecule has 1 rings (SSSR count). The summed E-state index contributed by atoms with van der Waals surface area (Å²) in [6, 6.07) is 6.37. The minimum atomic E-state index is 0.840. The third-order valence-corrected chi connectivity index (χ3v) is 3.47. The lowest BCUT2D eigenvalue weighted by atomic mass is 10.1. The van der Waals surface area contributed by atoms with Gasteiger partial charge < -0.3 is 4.74 Å². The first-order valence-electron chi connectivity index (χ1n) is 6.56. The van der Waals surface area contributed by atoms with E-state index in [0.29, 0.717) is 0 Å². The van der Waals surface area contributed by atoms with Crippen LogP contribution >= 0.6 is 15.9 Å². The van der Waals surface area contributed by atoms with Crippen molar-refractivity contribution in [1.29, 1.82) is 0 Å². The van der Waals surface area contributed by atoms with E-state index in [1.54, 1.807) is 0 Å². The molecule has 1 aromatic carbocycles. The van der Waals surface area contributed by atoms with Gasteiger partial charge >= 0.3 is 0 Å². The fraction of sp³-hybridized carbons (Fsp3) is 0.600. The molecule has 0 N–H and O–H groups in total. The third kappa shape index (κ3) is 5.58. The molecule has 0 aromatic heterocycles. The number of benzene rings is 1. The lowest BCUT2D eigenvalue weighted by Gasteiger charge is -2.10. The molecule has 0 heterocycles. The smallest absolute Gasteiger partial charge is 0.123 e. The van der Waals surface area contributed by atoms with Crippen molar-refractivity contribution < 1.29 is 4.74 Å². The summed E-state index contributed by atoms with van der Waals surface area (Å²) in [7, 11) is 0. The molecule has 96 valence electrons. The van der Waals surface area contributed by atoms with Crippen LogP contribution in [0.15, 0.2) is 18.2 Å². The number of alkyl halides is 1. The van der Waals surface area contributed by atoms with Crippen LogP contribution in [0.4, 0.5) is 0 Å². The van der Waals surface area contributed by atoms with Gasteiger partial charge in [0.05, 0.1) is 6.61 Å². The Morgan fingerprint density at radius 1 is 1.12 bits per heavy atom. The summed E-state index contributed by atoms with van der Waals surface area (Å²) in [5.41, 5.74) is 2.54. The van der Waals surface area contributed by atoms with E-state index in [2.05, 4.69) is 48.0 Å². The van der Waals surface area contributed by atoms with Crippen LogP contribution in [-0.4, -0.2) is 6.61 Å². The maximum atomic E-state index is 5.83. The second-order valence-electron chi connectivity index (χ2n) is 4.51. The SMILES string of the molecule is CCCCCCCOc1ccc(C)cc1CBr. The van der Waals surface area contributed by atoms with Crippen LogP contribution in [0.3, 0.4) is 0 Å². The van der Waals surface area contributed by atoms with E-state index in [1.807, 2.05) is 0 Å². The second-order valence-corrected chi connectivity index (χ2v) is 5.07. The van der Waals surface area contributed by atoms with Gasteiger partial charge in [-0.15, -0.1) is 0 Å². The Morgan fingerprint density at radius 3 is 2.59 bits per heavy atom. The van der Waals surface area contributed by atoms with E-state index in [0.717, 1.165) is 24.1 Å². The quantitative estimate of drug-likeness (QED) is 0.471. The highest BCUT2D eigenvalue weighted by atomic mass is 79.9. The molecule has 0 bridgehead atoms. The van der Waals surface area contributed by atoms with E-state index in [9.17, 15) is 0 Å². The topological polar surface area (TPSA) is 9.23 Å². The molecular formula is C15H23BrO. The number of aryl methyl sites for hydroxylation is 1. The Kier molecular flexibility index (Phi) is 7.34. The number of hydrogen-bond acceptors (Lipinski definition) is 1. The van der Waals surface area contributed by atoms with Gasteiger partial charge in [0.15, 0.2) is 0 Å². The first-order valence-corrected chi connectivity index (χ1v) is 7.68. The van der Waals surface area contributed by atoms with Crippen LogP contribution in [-0.2, 0) is 5.33 Å². The summed E-state index contributed by atoms with van der Waals surface area (Å²) in [5.74, 6) is 1.03. The van der Waals surface area contributed by atoms with Gasteiger partial charge in [-0.25, -0.2) is 0 Å². The molecule has 1 nitrogen and oxygen atoms in total. The number of rotatable bonds is 8. The third-order valence-electron chi connectivity index (χ3n) is 2.87. The van der Waals surface area contributed by atoms with Crippen molar-refractivity contribution in [2.75, 3.05) is 6.61 Å². The van der Waals surface area contributed by atoms with Gasteiger partial charge in [0, 0.05) is 10.9 Å². The average Bonchev–Trinajstić information content (AvgIpc) is 2.35. The second kappa shape index (κ2) is 8.57. The summed E-state index contributed by atoms with van der Waals surface area (Å²) in [5, 5.41) is 0.861. The van der Waals surface area contributed by atoms with Crippen LogP contribution < -0.4 is 4.74 Å². The van der Waals surface area contributed by atoms with E-state index in [1.165, 1.54) is 36.8 Å². The predicted octanol–water partition coefficient (Wildman–Crippen LogP) is 5.24. The number of hydrogen-bond donors (Lipinski definition) is 0. The number of ether oxygens (including phenoxy) is 1. The Balaban J connectivity index is 2.31. The normalized spacial score (nSPS) is 10.5. The van der Waals surface area contributed by atoms with Crippen molar-refractivity contribution in [1.82, 2.24) is 0 Å². The molecule has 0 aliphatic rings. The Morgan fingerprint density at radius 2 is 1.88 bits per heavy atom. The van der Waals surface area contributed by atoms with Gasteiger partial charge in [-0.05, 0) is 19.4 Å².